The molecule has 0 N–H and O–H groups in total. The van der Waals surface area contributed by atoms with Gasteiger partial charge >= 0.3 is 0 Å². The van der Waals surface area contributed by atoms with Gasteiger partial charge in [-0.15, -0.1) is 0 Å². The number of rotatable bonds is 2. The fraction of sp³-hybridized carbons (Fsp3) is 0. The molecule has 0 spiro atoms. The van der Waals surface area contributed by atoms with Crippen molar-refractivity contribution >= 4 is 43.9 Å². The second-order valence-corrected chi connectivity index (χ2v) is 11.7. The van der Waals surface area contributed by atoms with Crippen LogP contribution < -0.4 is 4.74 Å². The van der Waals surface area contributed by atoms with Gasteiger partial charge in [0.25, 0.3) is 0 Å². The summed E-state index contributed by atoms with van der Waals surface area (Å²) in [7, 11) is 0. The van der Waals surface area contributed by atoms with Gasteiger partial charge in [-0.25, -0.2) is 0 Å². The molecule has 45 heavy (non-hydrogen) atoms. The third-order valence-electron chi connectivity index (χ3n) is 9.11. The van der Waals surface area contributed by atoms with Crippen molar-refractivity contribution in [2.24, 2.45) is 0 Å². The second kappa shape index (κ2) is 9.22. The summed E-state index contributed by atoms with van der Waals surface area (Å²) in [6.45, 7) is 0. The van der Waals surface area contributed by atoms with Crippen LogP contribution in [0.2, 0.25) is 0 Å². The first-order valence-electron chi connectivity index (χ1n) is 15.2. The van der Waals surface area contributed by atoms with Crippen molar-refractivity contribution in [2.45, 2.75) is 0 Å². The summed E-state index contributed by atoms with van der Waals surface area (Å²) in [6.07, 6.45) is 0. The maximum absolute atomic E-state index is 6.67. The minimum absolute atomic E-state index is 0.846. The first kappa shape index (κ1) is 24.4. The average Bonchev–Trinajstić information content (AvgIpc) is 3.62. The van der Waals surface area contributed by atoms with Crippen LogP contribution in [0.1, 0.15) is 0 Å². The monoisotopic (exact) mass is 576 g/mol. The van der Waals surface area contributed by atoms with Crippen LogP contribution in [0.5, 0.6) is 11.5 Å². The molecule has 210 valence electrons. The van der Waals surface area contributed by atoms with Crippen LogP contribution in [0.4, 0.5) is 0 Å². The van der Waals surface area contributed by atoms with Gasteiger partial charge in [-0.2, -0.15) is 0 Å². The van der Waals surface area contributed by atoms with Crippen molar-refractivity contribution < 1.29 is 13.6 Å². The zero-order valence-corrected chi connectivity index (χ0v) is 24.1. The number of hydrogen-bond donors (Lipinski definition) is 0. The molecule has 0 unspecified atom stereocenters. The minimum atomic E-state index is 0.846. The summed E-state index contributed by atoms with van der Waals surface area (Å²) in [6, 6.07) is 50.9. The van der Waals surface area contributed by atoms with Crippen LogP contribution in [-0.2, 0) is 0 Å². The molecule has 9 aromatic rings. The predicted octanol–water partition coefficient (Wildman–Crippen LogP) is 12.3. The number of furan rings is 2. The molecule has 1 aliphatic rings. The van der Waals surface area contributed by atoms with E-state index in [1.807, 2.05) is 24.3 Å². The van der Waals surface area contributed by atoms with Crippen molar-refractivity contribution in [3.63, 3.8) is 0 Å². The smallest absolute Gasteiger partial charge is 0.135 e. The van der Waals surface area contributed by atoms with Gasteiger partial charge in [0.1, 0.15) is 33.8 Å². The maximum atomic E-state index is 6.67. The van der Waals surface area contributed by atoms with Crippen LogP contribution in [-0.4, -0.2) is 0 Å². The van der Waals surface area contributed by atoms with Crippen LogP contribution in [0, 0.1) is 0 Å². The molecule has 0 saturated heterocycles. The molecule has 3 heterocycles. The van der Waals surface area contributed by atoms with E-state index in [9.17, 15) is 0 Å². The first-order chi connectivity index (χ1) is 22.3. The van der Waals surface area contributed by atoms with Crippen molar-refractivity contribution in [2.75, 3.05) is 0 Å². The highest BCUT2D eigenvalue weighted by molar-refractivity contribution is 6.07. The highest BCUT2D eigenvalue weighted by atomic mass is 16.5. The normalized spacial score (nSPS) is 12.2. The van der Waals surface area contributed by atoms with Gasteiger partial charge in [0, 0.05) is 32.7 Å². The molecular weight excluding hydrogens is 552 g/mol. The Labute approximate surface area is 258 Å². The standard InChI is InChI=1S/C42H24O3/c1-2-8-30-29(7-1)33-21-25(27-15-19-41-35(23-27)31-9-3-5-11-37(31)43-41)13-17-39(33)45-40-18-14-26(22-34(30)40)28-16-20-42-36(24-28)32-10-4-6-12-38(32)44-42/h1-24H. The molecule has 0 saturated carbocycles. The van der Waals surface area contributed by atoms with E-state index in [4.69, 9.17) is 13.6 Å². The lowest BCUT2D eigenvalue weighted by Gasteiger charge is -2.12. The third kappa shape index (κ3) is 3.71. The van der Waals surface area contributed by atoms with Gasteiger partial charge in [-0.1, -0.05) is 84.9 Å². The van der Waals surface area contributed by atoms with E-state index < -0.39 is 0 Å². The minimum Gasteiger partial charge on any atom is -0.456 e. The van der Waals surface area contributed by atoms with Crippen LogP contribution in [0.15, 0.2) is 154 Å². The lowest BCUT2D eigenvalue weighted by molar-refractivity contribution is 0.488. The van der Waals surface area contributed by atoms with E-state index in [2.05, 4.69) is 121 Å². The zero-order valence-electron chi connectivity index (χ0n) is 24.1. The van der Waals surface area contributed by atoms with Gasteiger partial charge in [0.2, 0.25) is 0 Å². The van der Waals surface area contributed by atoms with E-state index in [1.165, 1.54) is 0 Å². The molecule has 3 nitrogen and oxygen atoms in total. The Morgan fingerprint density at radius 3 is 1.20 bits per heavy atom. The van der Waals surface area contributed by atoms with Crippen LogP contribution in [0.25, 0.3) is 88.4 Å². The molecule has 0 amide bonds. The Morgan fingerprint density at radius 2 is 0.689 bits per heavy atom. The molecule has 0 radical (unpaired) electrons. The molecule has 2 aromatic heterocycles. The highest BCUT2D eigenvalue weighted by Crippen LogP contribution is 2.49. The van der Waals surface area contributed by atoms with E-state index in [1.54, 1.807) is 0 Å². The summed E-state index contributed by atoms with van der Waals surface area (Å²) in [5.74, 6) is 1.69. The fourth-order valence-corrected chi connectivity index (χ4v) is 6.90. The lowest BCUT2D eigenvalue weighted by Crippen LogP contribution is -1.88. The van der Waals surface area contributed by atoms with Crippen LogP contribution in [0.3, 0.4) is 0 Å². The van der Waals surface area contributed by atoms with Crippen molar-refractivity contribution in [3.8, 4) is 56.0 Å². The second-order valence-electron chi connectivity index (χ2n) is 11.7. The quantitative estimate of drug-likeness (QED) is 0.205. The Balaban J connectivity index is 1.10. The van der Waals surface area contributed by atoms with Crippen molar-refractivity contribution in [1.82, 2.24) is 0 Å². The predicted molar refractivity (Wildman–Crippen MR) is 183 cm³/mol. The molecule has 0 atom stereocenters. The van der Waals surface area contributed by atoms with E-state index in [0.29, 0.717) is 0 Å². The zero-order chi connectivity index (χ0) is 29.5. The van der Waals surface area contributed by atoms with E-state index in [0.717, 1.165) is 99.9 Å². The molecule has 0 aliphatic carbocycles. The SMILES string of the molecule is c1ccc2c(c1)-c1cc(-c3ccc4oc5ccccc5c4c3)ccc1Oc1ccc(-c3ccc4oc5ccccc5c4c3)cc1-2. The molecule has 10 rings (SSSR count). The molecule has 0 bridgehead atoms. The maximum Gasteiger partial charge on any atom is 0.135 e. The Morgan fingerprint density at radius 1 is 0.289 bits per heavy atom. The van der Waals surface area contributed by atoms with Gasteiger partial charge in [-0.05, 0) is 94.0 Å². The van der Waals surface area contributed by atoms with Gasteiger partial charge in [0.05, 0.1) is 0 Å². The van der Waals surface area contributed by atoms with Gasteiger partial charge < -0.3 is 13.6 Å². The largest absolute Gasteiger partial charge is 0.456 e. The highest BCUT2D eigenvalue weighted by Gasteiger charge is 2.22. The molecular formula is C42H24O3. The van der Waals surface area contributed by atoms with Crippen molar-refractivity contribution in [3.05, 3.63) is 146 Å². The van der Waals surface area contributed by atoms with E-state index >= 15 is 0 Å². The van der Waals surface area contributed by atoms with Crippen molar-refractivity contribution in [1.29, 1.82) is 0 Å². The third-order valence-corrected chi connectivity index (χ3v) is 9.11. The summed E-state index contributed by atoms with van der Waals surface area (Å²) < 4.78 is 18.8. The van der Waals surface area contributed by atoms with Gasteiger partial charge in [-0.3, -0.25) is 0 Å². The Kier molecular flexibility index (Phi) is 5.00. The first-order valence-corrected chi connectivity index (χ1v) is 15.2. The van der Waals surface area contributed by atoms with Crippen LogP contribution >= 0.6 is 0 Å². The van der Waals surface area contributed by atoms with E-state index in [-0.39, 0.29) is 0 Å². The summed E-state index contributed by atoms with van der Waals surface area (Å²) in [5.41, 5.74) is 12.6. The average molecular weight is 577 g/mol. The lowest BCUT2D eigenvalue weighted by atomic mass is 9.91. The summed E-state index contributed by atoms with van der Waals surface area (Å²) in [5, 5.41) is 4.50. The number of para-hydroxylation sites is 2. The molecule has 0 fully saturated rings. The van der Waals surface area contributed by atoms with Gasteiger partial charge in [0.15, 0.2) is 0 Å². The topological polar surface area (TPSA) is 35.5 Å². The number of benzene rings is 7. The number of hydrogen-bond acceptors (Lipinski definition) is 3. The summed E-state index contributed by atoms with van der Waals surface area (Å²) in [4.78, 5) is 0. The Bertz CT molecular complexity index is 2450. The number of ether oxygens (including phenoxy) is 1. The molecule has 1 aliphatic heterocycles. The Hall–Kier alpha value is -6.06. The molecule has 7 aromatic carbocycles. The molecule has 3 heteroatoms. The fourth-order valence-electron chi connectivity index (χ4n) is 6.90. The summed E-state index contributed by atoms with van der Waals surface area (Å²) >= 11 is 0. The number of fused-ring (bicyclic) bond motifs is 11.